The first-order valence-electron chi connectivity index (χ1n) is 12.5. The number of nitriles is 1. The molecule has 41 heavy (non-hydrogen) atoms. The number of hydrogen-bond donors (Lipinski definition) is 1. The zero-order valence-corrected chi connectivity index (χ0v) is 22.5. The van der Waals surface area contributed by atoms with Crippen molar-refractivity contribution in [3.63, 3.8) is 0 Å². The van der Waals surface area contributed by atoms with E-state index in [1.807, 2.05) is 43.3 Å². The number of furan rings is 1. The minimum atomic E-state index is -0.613. The highest BCUT2D eigenvalue weighted by molar-refractivity contribution is 7.07. The van der Waals surface area contributed by atoms with Crippen molar-refractivity contribution in [3.05, 3.63) is 138 Å². The smallest absolute Gasteiger partial charge is 0.280 e. The number of benzene rings is 3. The molecule has 0 radical (unpaired) electrons. The fourth-order valence-corrected chi connectivity index (χ4v) is 5.38. The summed E-state index contributed by atoms with van der Waals surface area (Å²) in [5.41, 5.74) is 0.887. The number of carbonyl (C=O) groups is 1. The fraction of sp³-hybridized carbons (Fsp3) is 0.0645. The minimum absolute atomic E-state index is 0.109. The molecule has 2 heterocycles. The van der Waals surface area contributed by atoms with E-state index in [1.54, 1.807) is 60.7 Å². The van der Waals surface area contributed by atoms with E-state index in [4.69, 9.17) is 4.42 Å². The number of para-hydroxylation sites is 2. The standard InChI is InChI=1S/C31H22N4O5S/c1-20(21-10-4-2-5-11-21)33-29(36)25(19-32)31-34(22-12-6-3-7-13-22)30(37)28(41-31)18-23-16-17-27(40-23)24-14-8-9-15-26(24)35(38)39/h2-18,20H,1H3,(H,33,36)/b28-18+,31-25+. The monoisotopic (exact) mass is 562 g/mol. The van der Waals surface area contributed by atoms with Crippen LogP contribution in [0.4, 0.5) is 5.69 Å². The maximum atomic E-state index is 13.7. The summed E-state index contributed by atoms with van der Waals surface area (Å²) in [5.74, 6) is -0.0656. The van der Waals surface area contributed by atoms with Gasteiger partial charge in [-0.15, -0.1) is 11.3 Å². The maximum Gasteiger partial charge on any atom is 0.280 e. The van der Waals surface area contributed by atoms with Gasteiger partial charge in [-0.05, 0) is 42.8 Å². The third-order valence-electron chi connectivity index (χ3n) is 6.30. The summed E-state index contributed by atoms with van der Waals surface area (Å²) in [6.07, 6.45) is 1.49. The van der Waals surface area contributed by atoms with Gasteiger partial charge in [-0.25, -0.2) is 0 Å². The summed E-state index contributed by atoms with van der Waals surface area (Å²) >= 11 is 0.979. The SMILES string of the molecule is CC(NC(=O)/C(C#N)=c1/s/c(=C/c2ccc(-c3ccccc3[N+](=O)[O-])o2)c(=O)n1-c1ccccc1)c1ccccc1. The molecule has 0 saturated heterocycles. The summed E-state index contributed by atoms with van der Waals surface area (Å²) in [7, 11) is 0. The van der Waals surface area contributed by atoms with Gasteiger partial charge in [0.05, 0.1) is 26.7 Å². The van der Waals surface area contributed by atoms with Crippen LogP contribution >= 0.6 is 11.3 Å². The van der Waals surface area contributed by atoms with Gasteiger partial charge >= 0.3 is 0 Å². The highest BCUT2D eigenvalue weighted by Gasteiger charge is 2.20. The van der Waals surface area contributed by atoms with Crippen LogP contribution in [0.15, 0.2) is 106 Å². The zero-order chi connectivity index (χ0) is 28.9. The van der Waals surface area contributed by atoms with E-state index in [1.165, 1.54) is 16.7 Å². The molecule has 0 saturated carbocycles. The second-order valence-corrected chi connectivity index (χ2v) is 9.99. The fourth-order valence-electron chi connectivity index (χ4n) is 4.30. The molecule has 202 valence electrons. The largest absolute Gasteiger partial charge is 0.456 e. The highest BCUT2D eigenvalue weighted by atomic mass is 32.1. The van der Waals surface area contributed by atoms with E-state index in [0.29, 0.717) is 11.3 Å². The lowest BCUT2D eigenvalue weighted by atomic mass is 10.1. The van der Waals surface area contributed by atoms with Gasteiger partial charge in [0.2, 0.25) is 0 Å². The number of thiazole rings is 1. The van der Waals surface area contributed by atoms with E-state index in [0.717, 1.165) is 16.9 Å². The average molecular weight is 563 g/mol. The van der Waals surface area contributed by atoms with Gasteiger partial charge in [0, 0.05) is 12.1 Å². The van der Waals surface area contributed by atoms with E-state index in [9.17, 15) is 25.0 Å². The molecule has 2 aromatic heterocycles. The van der Waals surface area contributed by atoms with Crippen LogP contribution in [0.1, 0.15) is 24.3 Å². The molecule has 1 N–H and O–H groups in total. The van der Waals surface area contributed by atoms with Gasteiger partial charge < -0.3 is 9.73 Å². The molecule has 10 heteroatoms. The van der Waals surface area contributed by atoms with Crippen molar-refractivity contribution >= 4 is 34.6 Å². The molecule has 9 nitrogen and oxygen atoms in total. The Labute approximate surface area is 237 Å². The minimum Gasteiger partial charge on any atom is -0.456 e. The lowest BCUT2D eigenvalue weighted by Gasteiger charge is -2.13. The third-order valence-corrected chi connectivity index (χ3v) is 7.40. The van der Waals surface area contributed by atoms with Gasteiger partial charge in [0.15, 0.2) is 5.57 Å². The van der Waals surface area contributed by atoms with Gasteiger partial charge in [-0.1, -0.05) is 60.7 Å². The molecule has 0 aliphatic carbocycles. The van der Waals surface area contributed by atoms with Crippen molar-refractivity contribution in [1.82, 2.24) is 9.88 Å². The first-order chi connectivity index (χ1) is 19.9. The molecular formula is C31H22N4O5S. The molecule has 3 aromatic carbocycles. The molecule has 5 aromatic rings. The summed E-state index contributed by atoms with van der Waals surface area (Å²) in [5, 5.41) is 24.4. The van der Waals surface area contributed by atoms with E-state index >= 15 is 0 Å². The molecular weight excluding hydrogens is 540 g/mol. The number of nitro benzene ring substituents is 1. The Morgan fingerprint density at radius 2 is 1.68 bits per heavy atom. The van der Waals surface area contributed by atoms with E-state index in [-0.39, 0.29) is 38.0 Å². The lowest BCUT2D eigenvalue weighted by molar-refractivity contribution is -0.384. The summed E-state index contributed by atoms with van der Waals surface area (Å²) in [4.78, 5) is 37.9. The Morgan fingerprint density at radius 1 is 1.02 bits per heavy atom. The number of hydrogen-bond acceptors (Lipinski definition) is 7. The first kappa shape index (κ1) is 27.1. The second kappa shape index (κ2) is 11.7. The molecule has 0 fully saturated rings. The lowest BCUT2D eigenvalue weighted by Crippen LogP contribution is -2.34. The molecule has 1 amide bonds. The van der Waals surface area contributed by atoms with E-state index in [2.05, 4.69) is 5.32 Å². The predicted octanol–water partition coefficient (Wildman–Crippen LogP) is 4.45. The van der Waals surface area contributed by atoms with Crippen molar-refractivity contribution < 1.29 is 14.1 Å². The van der Waals surface area contributed by atoms with Crippen molar-refractivity contribution in [1.29, 1.82) is 5.26 Å². The number of aromatic nitrogens is 1. The van der Waals surface area contributed by atoms with Gasteiger partial charge in [-0.3, -0.25) is 24.3 Å². The Hall–Kier alpha value is -5.53. The van der Waals surface area contributed by atoms with Gasteiger partial charge in [-0.2, -0.15) is 5.26 Å². The summed E-state index contributed by atoms with van der Waals surface area (Å²) < 4.78 is 7.56. The quantitative estimate of drug-likeness (QED) is 0.230. The predicted molar refractivity (Wildman–Crippen MR) is 156 cm³/mol. The molecule has 0 aliphatic heterocycles. The number of nitrogens with zero attached hydrogens (tertiary/aromatic N) is 3. The molecule has 1 atom stereocenters. The van der Waals surface area contributed by atoms with Crippen molar-refractivity contribution in [2.24, 2.45) is 0 Å². The molecule has 0 spiro atoms. The highest BCUT2D eigenvalue weighted by Crippen LogP contribution is 2.31. The maximum absolute atomic E-state index is 13.7. The van der Waals surface area contributed by atoms with Crippen LogP contribution < -0.4 is 20.1 Å². The number of carbonyl (C=O) groups excluding carboxylic acids is 1. The van der Waals surface area contributed by atoms with Crippen molar-refractivity contribution in [2.75, 3.05) is 0 Å². The Balaban J connectivity index is 1.63. The zero-order valence-electron chi connectivity index (χ0n) is 21.7. The number of nitro groups is 1. The van der Waals surface area contributed by atoms with Crippen LogP contribution in [-0.2, 0) is 4.79 Å². The summed E-state index contributed by atoms with van der Waals surface area (Å²) in [6.45, 7) is 1.81. The van der Waals surface area contributed by atoms with Crippen LogP contribution in [0, 0.1) is 21.4 Å². The number of amides is 1. The third kappa shape index (κ3) is 5.61. The Kier molecular flexibility index (Phi) is 7.71. The van der Waals surface area contributed by atoms with E-state index < -0.39 is 16.4 Å². The first-order valence-corrected chi connectivity index (χ1v) is 13.3. The molecule has 0 aliphatic rings. The normalized spacial score (nSPS) is 12.8. The van der Waals surface area contributed by atoms with Crippen LogP contribution in [0.3, 0.4) is 0 Å². The number of rotatable bonds is 7. The van der Waals surface area contributed by atoms with Gasteiger partial charge in [0.1, 0.15) is 22.3 Å². The van der Waals surface area contributed by atoms with Crippen LogP contribution in [0.5, 0.6) is 0 Å². The van der Waals surface area contributed by atoms with Crippen LogP contribution in [0.2, 0.25) is 0 Å². The van der Waals surface area contributed by atoms with Gasteiger partial charge in [0.25, 0.3) is 17.2 Å². The van der Waals surface area contributed by atoms with Crippen LogP contribution in [0.25, 0.3) is 28.7 Å². The second-order valence-electron chi connectivity index (χ2n) is 8.96. The van der Waals surface area contributed by atoms with Crippen molar-refractivity contribution in [3.8, 4) is 23.1 Å². The molecule has 5 rings (SSSR count). The average Bonchev–Trinajstić information content (AvgIpc) is 3.58. The number of nitrogens with one attached hydrogen (secondary N) is 1. The van der Waals surface area contributed by atoms with Crippen LogP contribution in [-0.4, -0.2) is 15.4 Å². The topological polar surface area (TPSA) is 131 Å². The molecule has 0 bridgehead atoms. The Morgan fingerprint density at radius 3 is 2.37 bits per heavy atom. The summed E-state index contributed by atoms with van der Waals surface area (Å²) in [6, 6.07) is 29.0. The molecule has 1 unspecified atom stereocenters. The van der Waals surface area contributed by atoms with Crippen molar-refractivity contribution in [2.45, 2.75) is 13.0 Å². The Bertz CT molecular complexity index is 1970.